The first kappa shape index (κ1) is 19.9. The molecule has 0 amide bonds. The van der Waals surface area contributed by atoms with Gasteiger partial charge in [0.05, 0.1) is 16.9 Å². The number of non-ortho nitro benzene ring substituents is 1. The number of nitro groups is 1. The third-order valence-electron chi connectivity index (χ3n) is 5.89. The lowest BCUT2D eigenvalue weighted by Gasteiger charge is -2.39. The van der Waals surface area contributed by atoms with Crippen LogP contribution in [0.5, 0.6) is 5.75 Å². The Morgan fingerprint density at radius 2 is 1.48 bits per heavy atom. The van der Waals surface area contributed by atoms with E-state index in [1.807, 2.05) is 12.1 Å². The van der Waals surface area contributed by atoms with Gasteiger partial charge in [-0.05, 0) is 35.0 Å². The number of aliphatic hydroxyl groups excluding tert-OH is 4. The minimum absolute atomic E-state index is 0.00200. The molecule has 4 aromatic carbocycles. The first-order valence-corrected chi connectivity index (χ1v) is 9.73. The second-order valence-corrected chi connectivity index (χ2v) is 7.64. The SMILES string of the molecule is O=[N+]([O-])c1ccc2ccc3c(O[C@@H]4O[C@H](CO)[C@H](O)[C@H](O)[C@H]4O)ccc4ccc1c2c43. The number of ether oxygens (including phenoxy) is 2. The minimum Gasteiger partial charge on any atom is -0.461 e. The van der Waals surface area contributed by atoms with E-state index in [0.717, 1.165) is 21.5 Å². The van der Waals surface area contributed by atoms with Crippen LogP contribution in [-0.2, 0) is 4.74 Å². The van der Waals surface area contributed by atoms with E-state index in [1.54, 1.807) is 30.3 Å². The highest BCUT2D eigenvalue weighted by Gasteiger charge is 2.44. The van der Waals surface area contributed by atoms with E-state index in [4.69, 9.17) is 9.47 Å². The number of hydrogen-bond donors (Lipinski definition) is 4. The van der Waals surface area contributed by atoms with Crippen molar-refractivity contribution < 1.29 is 34.8 Å². The van der Waals surface area contributed by atoms with Gasteiger partial charge in [0.25, 0.3) is 5.69 Å². The first-order chi connectivity index (χ1) is 14.9. The van der Waals surface area contributed by atoms with Crippen molar-refractivity contribution in [3.63, 3.8) is 0 Å². The third-order valence-corrected chi connectivity index (χ3v) is 5.89. The molecule has 9 heteroatoms. The second-order valence-electron chi connectivity index (χ2n) is 7.64. The van der Waals surface area contributed by atoms with Crippen molar-refractivity contribution in [1.82, 2.24) is 0 Å². The zero-order valence-electron chi connectivity index (χ0n) is 16.1. The summed E-state index contributed by atoms with van der Waals surface area (Å²) in [7, 11) is 0. The van der Waals surface area contributed by atoms with Crippen LogP contribution in [0.25, 0.3) is 32.3 Å². The molecule has 0 saturated carbocycles. The van der Waals surface area contributed by atoms with Crippen molar-refractivity contribution in [3.05, 3.63) is 58.6 Å². The molecule has 4 aromatic rings. The standard InChI is InChI=1S/C22H19NO8/c24-9-16-19(25)20(26)21(27)22(31-16)30-15-8-4-11-1-5-12-14(23(28)29)7-3-10-2-6-13(15)18(11)17(10)12/h1-8,16,19-22,24-27H,9H2/t16-,19+,20+,21-,22-/m1/s1. The Labute approximate surface area is 175 Å². The van der Waals surface area contributed by atoms with Crippen LogP contribution in [0.4, 0.5) is 5.69 Å². The summed E-state index contributed by atoms with van der Waals surface area (Å²) in [5, 5.41) is 55.5. The third kappa shape index (κ3) is 2.98. The number of hydrogen-bond acceptors (Lipinski definition) is 8. The predicted molar refractivity (Wildman–Crippen MR) is 111 cm³/mol. The predicted octanol–water partition coefficient (Wildman–Crippen LogP) is 1.67. The Morgan fingerprint density at radius 3 is 2.16 bits per heavy atom. The summed E-state index contributed by atoms with van der Waals surface area (Å²) in [6.45, 7) is -0.563. The zero-order valence-corrected chi connectivity index (χ0v) is 16.1. The molecule has 160 valence electrons. The van der Waals surface area contributed by atoms with Crippen LogP contribution in [0.15, 0.2) is 48.5 Å². The van der Waals surface area contributed by atoms with Gasteiger partial charge in [-0.2, -0.15) is 0 Å². The van der Waals surface area contributed by atoms with Gasteiger partial charge in [0, 0.05) is 22.2 Å². The fraction of sp³-hybridized carbons (Fsp3) is 0.273. The average molecular weight is 425 g/mol. The van der Waals surface area contributed by atoms with Gasteiger partial charge in [-0.15, -0.1) is 0 Å². The molecule has 5 atom stereocenters. The molecular weight excluding hydrogens is 406 g/mol. The Kier molecular flexibility index (Phi) is 4.65. The molecular formula is C22H19NO8. The van der Waals surface area contributed by atoms with Gasteiger partial charge in [-0.3, -0.25) is 10.1 Å². The number of nitro benzene ring substituents is 1. The molecule has 0 radical (unpaired) electrons. The molecule has 0 bridgehead atoms. The van der Waals surface area contributed by atoms with Crippen molar-refractivity contribution in [2.75, 3.05) is 6.61 Å². The lowest BCUT2D eigenvalue weighted by Crippen LogP contribution is -2.60. The summed E-state index contributed by atoms with van der Waals surface area (Å²) in [6, 6.07) is 13.8. The Hall–Kier alpha value is -3.08. The van der Waals surface area contributed by atoms with Crippen LogP contribution in [0.1, 0.15) is 0 Å². The van der Waals surface area contributed by atoms with E-state index < -0.39 is 42.2 Å². The highest BCUT2D eigenvalue weighted by molar-refractivity contribution is 6.25. The summed E-state index contributed by atoms with van der Waals surface area (Å²) in [4.78, 5) is 11.1. The molecule has 31 heavy (non-hydrogen) atoms. The average Bonchev–Trinajstić information content (AvgIpc) is 2.78. The lowest BCUT2D eigenvalue weighted by atomic mass is 9.93. The number of aliphatic hydroxyl groups is 4. The van der Waals surface area contributed by atoms with E-state index in [0.29, 0.717) is 16.5 Å². The maximum Gasteiger partial charge on any atom is 0.277 e. The van der Waals surface area contributed by atoms with Crippen LogP contribution >= 0.6 is 0 Å². The van der Waals surface area contributed by atoms with Crippen molar-refractivity contribution in [2.24, 2.45) is 0 Å². The van der Waals surface area contributed by atoms with Gasteiger partial charge >= 0.3 is 0 Å². The molecule has 5 rings (SSSR count). The number of rotatable bonds is 4. The fourth-order valence-electron chi connectivity index (χ4n) is 4.31. The fourth-order valence-corrected chi connectivity index (χ4v) is 4.31. The van der Waals surface area contributed by atoms with Gasteiger partial charge in [0.15, 0.2) is 0 Å². The van der Waals surface area contributed by atoms with E-state index in [9.17, 15) is 30.5 Å². The van der Waals surface area contributed by atoms with Crippen molar-refractivity contribution in [3.8, 4) is 5.75 Å². The smallest absolute Gasteiger partial charge is 0.277 e. The van der Waals surface area contributed by atoms with Gasteiger partial charge in [-0.1, -0.05) is 18.2 Å². The summed E-state index contributed by atoms with van der Waals surface area (Å²) >= 11 is 0. The van der Waals surface area contributed by atoms with E-state index >= 15 is 0 Å². The van der Waals surface area contributed by atoms with Crippen LogP contribution in [0.2, 0.25) is 0 Å². The van der Waals surface area contributed by atoms with E-state index in [2.05, 4.69) is 0 Å². The van der Waals surface area contributed by atoms with Gasteiger partial charge in [0.1, 0.15) is 30.2 Å². The molecule has 1 aliphatic rings. The van der Waals surface area contributed by atoms with E-state index in [1.165, 1.54) is 6.07 Å². The molecule has 1 saturated heterocycles. The molecule has 4 N–H and O–H groups in total. The maximum absolute atomic E-state index is 11.5. The Balaban J connectivity index is 1.65. The van der Waals surface area contributed by atoms with Crippen molar-refractivity contribution in [1.29, 1.82) is 0 Å². The molecule has 1 aliphatic heterocycles. The molecule has 0 spiro atoms. The van der Waals surface area contributed by atoms with Gasteiger partial charge < -0.3 is 29.9 Å². The summed E-state index contributed by atoms with van der Waals surface area (Å²) in [5.74, 6) is 0.331. The van der Waals surface area contributed by atoms with Crippen LogP contribution in [-0.4, -0.2) is 62.7 Å². The number of nitrogens with zero attached hydrogens (tertiary/aromatic N) is 1. The lowest BCUT2D eigenvalue weighted by molar-refractivity contribution is -0.383. The summed E-state index contributed by atoms with van der Waals surface area (Å²) in [5.41, 5.74) is 0.00200. The molecule has 0 aromatic heterocycles. The Bertz CT molecular complexity index is 1290. The molecule has 9 nitrogen and oxygen atoms in total. The highest BCUT2D eigenvalue weighted by atomic mass is 16.7. The van der Waals surface area contributed by atoms with Crippen LogP contribution in [0, 0.1) is 10.1 Å². The molecule has 1 fully saturated rings. The topological polar surface area (TPSA) is 143 Å². The quantitative estimate of drug-likeness (QED) is 0.220. The Morgan fingerprint density at radius 1 is 0.871 bits per heavy atom. The molecule has 1 heterocycles. The van der Waals surface area contributed by atoms with Gasteiger partial charge in [-0.25, -0.2) is 0 Å². The van der Waals surface area contributed by atoms with Crippen molar-refractivity contribution in [2.45, 2.75) is 30.7 Å². The van der Waals surface area contributed by atoms with Crippen LogP contribution < -0.4 is 4.74 Å². The van der Waals surface area contributed by atoms with Crippen molar-refractivity contribution >= 4 is 38.0 Å². The molecule has 0 unspecified atom stereocenters. The monoisotopic (exact) mass is 425 g/mol. The zero-order chi connectivity index (χ0) is 21.9. The van der Waals surface area contributed by atoms with Crippen LogP contribution in [0.3, 0.4) is 0 Å². The summed E-state index contributed by atoms with van der Waals surface area (Å²) < 4.78 is 11.3. The first-order valence-electron chi connectivity index (χ1n) is 9.73. The largest absolute Gasteiger partial charge is 0.461 e. The summed E-state index contributed by atoms with van der Waals surface area (Å²) in [6.07, 6.45) is -7.01. The maximum atomic E-state index is 11.5. The highest BCUT2D eigenvalue weighted by Crippen LogP contribution is 2.42. The number of benzene rings is 4. The van der Waals surface area contributed by atoms with Gasteiger partial charge in [0.2, 0.25) is 6.29 Å². The second kappa shape index (κ2) is 7.26. The van der Waals surface area contributed by atoms with E-state index in [-0.39, 0.29) is 5.69 Å². The molecule has 0 aliphatic carbocycles. The minimum atomic E-state index is -1.56. The normalized spacial score (nSPS) is 26.6.